The molecule has 160 valence electrons. The number of hydrogen-bond donors (Lipinski definition) is 1. The average Bonchev–Trinajstić information content (AvgIpc) is 2.77. The molecule has 1 aromatic carbocycles. The molecule has 1 atom stereocenters. The molecule has 2 aromatic rings. The molecule has 1 unspecified atom stereocenters. The van der Waals surface area contributed by atoms with Crippen LogP contribution in [0.5, 0.6) is 11.5 Å². The van der Waals surface area contributed by atoms with Crippen LogP contribution in [0.1, 0.15) is 34.5 Å². The lowest BCUT2D eigenvalue weighted by Crippen LogP contribution is -2.42. The molecule has 30 heavy (non-hydrogen) atoms. The minimum atomic E-state index is -0.0258. The van der Waals surface area contributed by atoms with Gasteiger partial charge in [-0.25, -0.2) is 4.98 Å². The molecule has 1 fully saturated rings. The molecule has 1 aromatic heterocycles. The molecular formula is C23H30N4O3. The van der Waals surface area contributed by atoms with Gasteiger partial charge in [0.25, 0.3) is 5.91 Å². The molecule has 7 heteroatoms. The molecule has 7 nitrogen and oxygen atoms in total. The van der Waals surface area contributed by atoms with E-state index >= 15 is 0 Å². The second-order valence-electron chi connectivity index (χ2n) is 8.26. The number of piperidine rings is 1. The smallest absolute Gasteiger partial charge is 0.257 e. The third-order valence-electron chi connectivity index (χ3n) is 5.95. The zero-order valence-corrected chi connectivity index (χ0v) is 17.8. The van der Waals surface area contributed by atoms with Crippen LogP contribution in [-0.2, 0) is 13.0 Å². The van der Waals surface area contributed by atoms with Crippen molar-refractivity contribution in [3.63, 3.8) is 0 Å². The summed E-state index contributed by atoms with van der Waals surface area (Å²) in [6.45, 7) is 3.75. The molecule has 0 bridgehead atoms. The van der Waals surface area contributed by atoms with Gasteiger partial charge in [0, 0.05) is 50.3 Å². The maximum Gasteiger partial charge on any atom is 0.257 e. The number of aromatic nitrogens is 1. The Balaban J connectivity index is 1.41. The molecular weight excluding hydrogens is 380 g/mol. The lowest BCUT2D eigenvalue weighted by atomic mass is 9.97. The van der Waals surface area contributed by atoms with E-state index < -0.39 is 0 Å². The summed E-state index contributed by atoms with van der Waals surface area (Å²) in [4.78, 5) is 21.9. The number of nitrogen functional groups attached to an aromatic ring is 1. The van der Waals surface area contributed by atoms with Gasteiger partial charge in [0.2, 0.25) is 0 Å². The summed E-state index contributed by atoms with van der Waals surface area (Å²) in [5, 5.41) is 0. The maximum atomic E-state index is 13.2. The summed E-state index contributed by atoms with van der Waals surface area (Å²) in [6.07, 6.45) is 2.87. The Kier molecular flexibility index (Phi) is 6.08. The molecule has 2 aliphatic rings. The van der Waals surface area contributed by atoms with Crippen LogP contribution in [0.15, 0.2) is 30.3 Å². The second-order valence-corrected chi connectivity index (χ2v) is 8.26. The number of carbonyl (C=O) groups excluding carboxylic acids is 1. The Morgan fingerprint density at radius 2 is 2.10 bits per heavy atom. The van der Waals surface area contributed by atoms with Crippen LogP contribution in [0.3, 0.4) is 0 Å². The van der Waals surface area contributed by atoms with Crippen molar-refractivity contribution in [1.29, 1.82) is 0 Å². The van der Waals surface area contributed by atoms with Gasteiger partial charge in [-0.3, -0.25) is 4.79 Å². The number of likely N-dealkylation sites (N-methyl/N-ethyl adjacent to an activating group) is 1. The number of methoxy groups -OCH3 is 1. The summed E-state index contributed by atoms with van der Waals surface area (Å²) < 4.78 is 11.2. The highest BCUT2D eigenvalue weighted by atomic mass is 16.5. The van der Waals surface area contributed by atoms with E-state index in [1.807, 2.05) is 35.2 Å². The zero-order valence-electron chi connectivity index (χ0n) is 17.8. The number of carbonyl (C=O) groups is 1. The predicted octanol–water partition coefficient (Wildman–Crippen LogP) is 2.59. The topological polar surface area (TPSA) is 80.9 Å². The molecule has 0 radical (unpaired) electrons. The molecule has 0 spiro atoms. The summed E-state index contributed by atoms with van der Waals surface area (Å²) in [6, 6.07) is 9.55. The number of fused-ring (bicyclic) bond motifs is 1. The molecule has 2 aliphatic heterocycles. The van der Waals surface area contributed by atoms with Crippen molar-refractivity contribution in [2.75, 3.05) is 46.1 Å². The number of likely N-dealkylation sites (tertiary alicyclic amines) is 1. The van der Waals surface area contributed by atoms with Crippen molar-refractivity contribution < 1.29 is 14.3 Å². The van der Waals surface area contributed by atoms with Crippen LogP contribution in [0.25, 0.3) is 0 Å². The molecule has 4 rings (SSSR count). The fourth-order valence-electron chi connectivity index (χ4n) is 4.26. The molecule has 3 heterocycles. The average molecular weight is 411 g/mol. The molecule has 1 saturated heterocycles. The summed E-state index contributed by atoms with van der Waals surface area (Å²) in [7, 11) is 3.72. The molecule has 0 saturated carbocycles. The van der Waals surface area contributed by atoms with Crippen LogP contribution in [0.2, 0.25) is 0 Å². The fourth-order valence-corrected chi connectivity index (χ4v) is 4.26. The van der Waals surface area contributed by atoms with Gasteiger partial charge in [-0.2, -0.15) is 0 Å². The van der Waals surface area contributed by atoms with Crippen molar-refractivity contribution >= 4 is 11.7 Å². The fraction of sp³-hybridized carbons (Fsp3) is 0.478. The van der Waals surface area contributed by atoms with Gasteiger partial charge in [-0.1, -0.05) is 6.07 Å². The number of rotatable bonds is 5. The quantitative estimate of drug-likeness (QED) is 0.816. The zero-order chi connectivity index (χ0) is 21.1. The lowest BCUT2D eigenvalue weighted by molar-refractivity contribution is 0.0633. The largest absolute Gasteiger partial charge is 0.497 e. The highest BCUT2D eigenvalue weighted by Gasteiger charge is 2.28. The van der Waals surface area contributed by atoms with Crippen LogP contribution >= 0.6 is 0 Å². The number of benzene rings is 1. The van der Waals surface area contributed by atoms with Gasteiger partial charge in [0.05, 0.1) is 19.3 Å². The first-order chi connectivity index (χ1) is 14.5. The Morgan fingerprint density at radius 1 is 1.27 bits per heavy atom. The minimum Gasteiger partial charge on any atom is -0.497 e. The van der Waals surface area contributed by atoms with E-state index in [0.29, 0.717) is 24.5 Å². The van der Waals surface area contributed by atoms with Crippen LogP contribution in [0.4, 0.5) is 5.82 Å². The number of nitrogens with two attached hydrogens (primary N) is 1. The van der Waals surface area contributed by atoms with E-state index in [1.165, 1.54) is 0 Å². The highest BCUT2D eigenvalue weighted by molar-refractivity contribution is 5.98. The van der Waals surface area contributed by atoms with Gasteiger partial charge in [0.15, 0.2) is 0 Å². The monoisotopic (exact) mass is 410 g/mol. The summed E-state index contributed by atoms with van der Waals surface area (Å²) in [5.74, 6) is 2.16. The number of hydrogen-bond acceptors (Lipinski definition) is 6. The van der Waals surface area contributed by atoms with Crippen molar-refractivity contribution in [2.45, 2.75) is 25.8 Å². The highest BCUT2D eigenvalue weighted by Crippen LogP contribution is 2.26. The molecule has 1 amide bonds. The van der Waals surface area contributed by atoms with E-state index in [4.69, 9.17) is 15.2 Å². The number of ether oxygens (including phenoxy) is 2. The first-order valence-electron chi connectivity index (χ1n) is 10.6. The number of pyridine rings is 1. The van der Waals surface area contributed by atoms with E-state index in [9.17, 15) is 4.79 Å². The van der Waals surface area contributed by atoms with Crippen molar-refractivity contribution in [1.82, 2.24) is 14.8 Å². The minimum absolute atomic E-state index is 0.0258. The van der Waals surface area contributed by atoms with Gasteiger partial charge in [-0.15, -0.1) is 0 Å². The number of amides is 1. The third kappa shape index (κ3) is 4.51. The van der Waals surface area contributed by atoms with Crippen LogP contribution in [0, 0.1) is 5.92 Å². The standard InChI is InChI=1S/C23H30N4O3/c1-26-10-8-21-17(14-26)11-20(22(24)25-21)23(28)27-9-4-5-16(13-27)15-30-19-7-3-6-18(12-19)29-2/h3,6-7,11-12,16H,4-5,8-10,13-15H2,1-2H3,(H2,24,25). The van der Waals surface area contributed by atoms with Crippen LogP contribution < -0.4 is 15.2 Å². The molecule has 0 aliphatic carbocycles. The maximum absolute atomic E-state index is 13.2. The summed E-state index contributed by atoms with van der Waals surface area (Å²) in [5.41, 5.74) is 8.83. The van der Waals surface area contributed by atoms with Crippen molar-refractivity contribution in [3.8, 4) is 11.5 Å². The Labute approximate surface area is 177 Å². The Bertz CT molecular complexity index is 917. The van der Waals surface area contributed by atoms with Crippen LogP contribution in [-0.4, -0.2) is 61.1 Å². The second kappa shape index (κ2) is 8.92. The van der Waals surface area contributed by atoms with Gasteiger partial charge >= 0.3 is 0 Å². The first-order valence-corrected chi connectivity index (χ1v) is 10.6. The van der Waals surface area contributed by atoms with Gasteiger partial charge < -0.3 is 25.0 Å². The Morgan fingerprint density at radius 3 is 2.93 bits per heavy atom. The van der Waals surface area contributed by atoms with E-state index in [0.717, 1.165) is 61.7 Å². The first kappa shape index (κ1) is 20.5. The summed E-state index contributed by atoms with van der Waals surface area (Å²) >= 11 is 0. The van der Waals surface area contributed by atoms with Crippen molar-refractivity contribution in [3.05, 3.63) is 47.2 Å². The van der Waals surface area contributed by atoms with E-state index in [2.05, 4.69) is 16.9 Å². The normalized spacial score (nSPS) is 19.3. The molecule has 2 N–H and O–H groups in total. The van der Waals surface area contributed by atoms with Gasteiger partial charge in [0.1, 0.15) is 17.3 Å². The Hall–Kier alpha value is -2.80. The third-order valence-corrected chi connectivity index (χ3v) is 5.95. The number of anilines is 1. The lowest BCUT2D eigenvalue weighted by Gasteiger charge is -2.33. The van der Waals surface area contributed by atoms with E-state index in [-0.39, 0.29) is 11.8 Å². The van der Waals surface area contributed by atoms with Gasteiger partial charge in [-0.05, 0) is 43.7 Å². The SMILES string of the molecule is COc1cccc(OCC2CCCN(C(=O)c3cc4c(nc3N)CCN(C)C4)C2)c1. The predicted molar refractivity (Wildman–Crippen MR) is 116 cm³/mol. The van der Waals surface area contributed by atoms with E-state index in [1.54, 1.807) is 7.11 Å². The number of nitrogens with zero attached hydrogens (tertiary/aromatic N) is 3. The van der Waals surface area contributed by atoms with Crippen molar-refractivity contribution in [2.24, 2.45) is 5.92 Å².